The minimum Gasteiger partial charge on any atom is -0.791 e. The van der Waals surface area contributed by atoms with Crippen LogP contribution in [0.3, 0.4) is 0 Å². The van der Waals surface area contributed by atoms with Crippen molar-refractivity contribution in [2.45, 2.75) is 6.92 Å². The van der Waals surface area contributed by atoms with E-state index in [9.17, 15) is 5.21 Å². The molecular formula is C12H8N3NaOS2. The van der Waals surface area contributed by atoms with E-state index in [1.807, 2.05) is 36.6 Å². The van der Waals surface area contributed by atoms with Gasteiger partial charge in [0.05, 0.1) is 10.2 Å². The summed E-state index contributed by atoms with van der Waals surface area (Å²) in [6.07, 6.45) is 0. The Morgan fingerprint density at radius 1 is 1.21 bits per heavy atom. The van der Waals surface area contributed by atoms with Crippen molar-refractivity contribution < 1.29 is 29.6 Å². The second-order valence-electron chi connectivity index (χ2n) is 3.72. The summed E-state index contributed by atoms with van der Waals surface area (Å²) in [5.41, 5.74) is 2.10. The van der Waals surface area contributed by atoms with E-state index in [-0.39, 0.29) is 29.6 Å². The zero-order chi connectivity index (χ0) is 12.5. The van der Waals surface area contributed by atoms with Crippen LogP contribution in [0, 0.1) is 12.1 Å². The van der Waals surface area contributed by atoms with Crippen molar-refractivity contribution in [3.05, 3.63) is 50.6 Å². The molecule has 4 nitrogen and oxygen atoms in total. The van der Waals surface area contributed by atoms with E-state index in [4.69, 9.17) is 0 Å². The number of aryl methyl sites for hydroxylation is 1. The van der Waals surface area contributed by atoms with Gasteiger partial charge >= 0.3 is 29.6 Å². The Balaban J connectivity index is 0.00000133. The molecule has 7 heteroatoms. The molecule has 0 radical (unpaired) electrons. The van der Waals surface area contributed by atoms with Gasteiger partial charge in [-0.15, -0.1) is 22.7 Å². The van der Waals surface area contributed by atoms with E-state index in [1.165, 1.54) is 22.7 Å². The first kappa shape index (κ1) is 14.6. The standard InChI is InChI=1S/C12H9N3OS2.Na/c1-7-6-17-11(13-7)10(15-16)12-14-8-4-2-3-5-9(8)18-12;/h2-6,16H,1H3;/q;+1/p-1. The van der Waals surface area contributed by atoms with Gasteiger partial charge in [-0.05, 0) is 19.1 Å². The fraction of sp³-hybridized carbons (Fsp3) is 0.0833. The van der Waals surface area contributed by atoms with Crippen molar-refractivity contribution in [3.63, 3.8) is 0 Å². The second-order valence-corrected chi connectivity index (χ2v) is 5.61. The molecule has 0 bridgehead atoms. The van der Waals surface area contributed by atoms with E-state index < -0.39 is 0 Å². The third-order valence-electron chi connectivity index (χ3n) is 2.41. The van der Waals surface area contributed by atoms with Crippen molar-refractivity contribution in [1.29, 1.82) is 0 Å². The van der Waals surface area contributed by atoms with Crippen LogP contribution in [0.1, 0.15) is 15.7 Å². The van der Waals surface area contributed by atoms with Gasteiger partial charge in [0.2, 0.25) is 0 Å². The van der Waals surface area contributed by atoms with Gasteiger partial charge in [0.15, 0.2) is 0 Å². The predicted octanol–water partition coefficient (Wildman–Crippen LogP) is 0.400. The van der Waals surface area contributed by atoms with E-state index >= 15 is 0 Å². The molecule has 0 spiro atoms. The summed E-state index contributed by atoms with van der Waals surface area (Å²) in [5.74, 6) is 0. The van der Waals surface area contributed by atoms with Crippen molar-refractivity contribution in [1.82, 2.24) is 9.97 Å². The summed E-state index contributed by atoms with van der Waals surface area (Å²) in [7, 11) is 0. The number of rotatable bonds is 2. The Hall–Kier alpha value is -0.790. The molecular weight excluding hydrogens is 289 g/mol. The van der Waals surface area contributed by atoms with Crippen molar-refractivity contribution in [2.24, 2.45) is 5.16 Å². The molecule has 0 aliphatic carbocycles. The number of nitrogens with zero attached hydrogens (tertiary/aromatic N) is 3. The molecule has 3 aromatic rings. The Morgan fingerprint density at radius 3 is 2.63 bits per heavy atom. The average molecular weight is 297 g/mol. The van der Waals surface area contributed by atoms with Crippen LogP contribution in [-0.4, -0.2) is 15.7 Å². The van der Waals surface area contributed by atoms with Gasteiger partial charge in [0.1, 0.15) is 15.7 Å². The number of thiazole rings is 2. The first-order valence-electron chi connectivity index (χ1n) is 5.26. The predicted molar refractivity (Wildman–Crippen MR) is 75.5 cm³/mol. The first-order valence-corrected chi connectivity index (χ1v) is 6.96. The Labute approximate surface area is 140 Å². The smallest absolute Gasteiger partial charge is 0.791 e. The van der Waals surface area contributed by atoms with Crippen molar-refractivity contribution >= 4 is 38.6 Å². The molecule has 2 heterocycles. The van der Waals surface area contributed by atoms with Crippen LogP contribution >= 0.6 is 22.7 Å². The maximum absolute atomic E-state index is 11.0. The quantitative estimate of drug-likeness (QED) is 0.391. The van der Waals surface area contributed by atoms with Gasteiger partial charge in [0, 0.05) is 11.1 Å². The summed E-state index contributed by atoms with van der Waals surface area (Å²) in [6.45, 7) is 1.89. The Kier molecular flexibility index (Phi) is 4.70. The number of para-hydroxylation sites is 1. The molecule has 2 aromatic heterocycles. The minimum absolute atomic E-state index is 0. The summed E-state index contributed by atoms with van der Waals surface area (Å²) in [5, 5.41) is 17.3. The second kappa shape index (κ2) is 6.11. The van der Waals surface area contributed by atoms with Crippen LogP contribution in [0.25, 0.3) is 10.2 Å². The normalized spacial score (nSPS) is 11.5. The topological polar surface area (TPSA) is 61.2 Å². The fourth-order valence-electron chi connectivity index (χ4n) is 1.61. The number of hydrogen-bond acceptors (Lipinski definition) is 6. The minimum atomic E-state index is 0. The molecule has 0 aliphatic rings. The first-order chi connectivity index (χ1) is 8.78. The molecule has 0 aliphatic heterocycles. The van der Waals surface area contributed by atoms with E-state index in [2.05, 4.69) is 15.1 Å². The average Bonchev–Trinajstić information content (AvgIpc) is 2.96. The van der Waals surface area contributed by atoms with Crippen molar-refractivity contribution in [2.75, 3.05) is 0 Å². The van der Waals surface area contributed by atoms with Crippen molar-refractivity contribution in [3.8, 4) is 0 Å². The zero-order valence-electron chi connectivity index (χ0n) is 10.5. The van der Waals surface area contributed by atoms with Crippen LogP contribution in [-0.2, 0) is 0 Å². The zero-order valence-corrected chi connectivity index (χ0v) is 14.1. The molecule has 0 saturated carbocycles. The van der Waals surface area contributed by atoms with Gasteiger partial charge in [-0.3, -0.25) is 0 Å². The third kappa shape index (κ3) is 2.88. The summed E-state index contributed by atoms with van der Waals surface area (Å²) < 4.78 is 1.04. The SMILES string of the molecule is Cc1csc(C(=N[O-])c2nc3ccccc3s2)n1.[Na+]. The van der Waals surface area contributed by atoms with Crippen LogP contribution in [0.5, 0.6) is 0 Å². The molecule has 19 heavy (non-hydrogen) atoms. The third-order valence-corrected chi connectivity index (χ3v) is 4.42. The van der Waals surface area contributed by atoms with E-state index in [0.717, 1.165) is 15.9 Å². The van der Waals surface area contributed by atoms with Gasteiger partial charge in [-0.25, -0.2) is 9.97 Å². The Morgan fingerprint density at radius 2 is 2.00 bits per heavy atom. The summed E-state index contributed by atoms with van der Waals surface area (Å²) in [6, 6.07) is 7.77. The van der Waals surface area contributed by atoms with Gasteiger partial charge in [-0.1, -0.05) is 12.1 Å². The van der Waals surface area contributed by atoms with Gasteiger partial charge in [0.25, 0.3) is 0 Å². The fourth-order valence-corrected chi connectivity index (χ4v) is 3.40. The molecule has 0 N–H and O–H groups in total. The maximum atomic E-state index is 11.0. The number of benzene rings is 1. The number of fused-ring (bicyclic) bond motifs is 1. The number of hydrogen-bond donors (Lipinski definition) is 0. The number of aromatic nitrogens is 2. The molecule has 0 unspecified atom stereocenters. The molecule has 90 valence electrons. The van der Waals surface area contributed by atoms with E-state index in [1.54, 1.807) is 0 Å². The molecule has 0 atom stereocenters. The van der Waals surface area contributed by atoms with Crippen LogP contribution in [0.2, 0.25) is 0 Å². The summed E-state index contributed by atoms with van der Waals surface area (Å²) in [4.78, 5) is 8.71. The van der Waals surface area contributed by atoms with Gasteiger partial charge in [-0.2, -0.15) is 0 Å². The molecule has 0 fully saturated rings. The van der Waals surface area contributed by atoms with Crippen LogP contribution in [0.4, 0.5) is 0 Å². The molecule has 0 amide bonds. The van der Waals surface area contributed by atoms with Crippen LogP contribution in [0.15, 0.2) is 34.8 Å². The molecule has 0 saturated heterocycles. The molecule has 3 rings (SSSR count). The van der Waals surface area contributed by atoms with Gasteiger partial charge < -0.3 is 10.4 Å². The van der Waals surface area contributed by atoms with Crippen LogP contribution < -0.4 is 29.6 Å². The maximum Gasteiger partial charge on any atom is 1.00 e. The largest absolute Gasteiger partial charge is 1.00 e. The Bertz CT molecular complexity index is 702. The molecule has 1 aromatic carbocycles. The monoisotopic (exact) mass is 297 g/mol. The van der Waals surface area contributed by atoms with E-state index in [0.29, 0.717) is 15.7 Å². The summed E-state index contributed by atoms with van der Waals surface area (Å²) >= 11 is 2.87.